The second kappa shape index (κ2) is 7.50. The van der Waals surface area contributed by atoms with E-state index in [1.165, 1.54) is 6.20 Å². The monoisotopic (exact) mass is 351 g/mol. The van der Waals surface area contributed by atoms with E-state index >= 15 is 0 Å². The molecule has 1 saturated carbocycles. The quantitative estimate of drug-likeness (QED) is 0.770. The van der Waals surface area contributed by atoms with Crippen LogP contribution in [0.15, 0.2) is 29.2 Å². The Balaban J connectivity index is 1.46. The highest BCUT2D eigenvalue weighted by atomic mass is 19.1. The number of carbonyl (C=O) groups excluding carboxylic acids is 1. The number of rotatable bonds is 5. The van der Waals surface area contributed by atoms with Gasteiger partial charge in [-0.05, 0) is 25.7 Å². The minimum atomic E-state index is -0.671. The van der Waals surface area contributed by atoms with Crippen LogP contribution in [0, 0.1) is 11.6 Å². The van der Waals surface area contributed by atoms with Gasteiger partial charge in [-0.15, -0.1) is 0 Å². The lowest BCUT2D eigenvalue weighted by atomic mass is 9.92. The van der Waals surface area contributed by atoms with E-state index < -0.39 is 11.6 Å². The number of halogens is 2. The van der Waals surface area contributed by atoms with Crippen molar-refractivity contribution in [3.8, 4) is 5.75 Å². The maximum atomic E-state index is 13.2. The van der Waals surface area contributed by atoms with Gasteiger partial charge in [0.05, 0.1) is 12.5 Å². The summed E-state index contributed by atoms with van der Waals surface area (Å²) in [5.41, 5.74) is 0.0947. The Morgan fingerprint density at radius 1 is 1.16 bits per heavy atom. The standard InChI is InChI=1S/C17H19F2N3O3/c18-11-6-12(19)8-15(7-11)25-14-3-1-13(2-4-14)21-16(23)5-10-9-20-22-17(10)24/h6-9,13-14H,1-5H2,(H,21,23)(H2,20,22,24). The van der Waals surface area contributed by atoms with Crippen LogP contribution in [0.3, 0.4) is 0 Å². The van der Waals surface area contributed by atoms with E-state index in [1.54, 1.807) is 0 Å². The van der Waals surface area contributed by atoms with Crippen LogP contribution in [-0.4, -0.2) is 28.3 Å². The van der Waals surface area contributed by atoms with Crippen LogP contribution < -0.4 is 15.6 Å². The van der Waals surface area contributed by atoms with Gasteiger partial charge < -0.3 is 15.2 Å². The molecule has 0 spiro atoms. The zero-order chi connectivity index (χ0) is 17.8. The van der Waals surface area contributed by atoms with E-state index in [1.807, 2.05) is 0 Å². The minimum Gasteiger partial charge on any atom is -0.490 e. The van der Waals surface area contributed by atoms with E-state index in [0.29, 0.717) is 31.2 Å². The third kappa shape index (κ3) is 4.68. The number of nitrogens with one attached hydrogen (secondary N) is 3. The van der Waals surface area contributed by atoms with Crippen LogP contribution in [0.2, 0.25) is 0 Å². The van der Waals surface area contributed by atoms with Gasteiger partial charge >= 0.3 is 0 Å². The van der Waals surface area contributed by atoms with E-state index in [9.17, 15) is 18.4 Å². The molecule has 1 aromatic carbocycles. The summed E-state index contributed by atoms with van der Waals surface area (Å²) >= 11 is 0. The molecular weight excluding hydrogens is 332 g/mol. The first-order chi connectivity index (χ1) is 12.0. The fraction of sp³-hybridized carbons (Fsp3) is 0.412. The lowest BCUT2D eigenvalue weighted by molar-refractivity contribution is -0.121. The number of hydrogen-bond acceptors (Lipinski definition) is 3. The fourth-order valence-corrected chi connectivity index (χ4v) is 3.03. The molecule has 0 radical (unpaired) electrons. The van der Waals surface area contributed by atoms with E-state index in [0.717, 1.165) is 18.2 Å². The summed E-state index contributed by atoms with van der Waals surface area (Å²) in [6.07, 6.45) is 4.13. The minimum absolute atomic E-state index is 0.00891. The van der Waals surface area contributed by atoms with Crippen molar-refractivity contribution in [2.24, 2.45) is 0 Å². The lowest BCUT2D eigenvalue weighted by Crippen LogP contribution is -2.40. The fourth-order valence-electron chi connectivity index (χ4n) is 3.03. The summed E-state index contributed by atoms with van der Waals surface area (Å²) in [5.74, 6) is -1.37. The third-order valence-corrected chi connectivity index (χ3v) is 4.25. The number of H-pyrrole nitrogens is 2. The van der Waals surface area contributed by atoms with Gasteiger partial charge in [-0.3, -0.25) is 14.7 Å². The van der Waals surface area contributed by atoms with Gasteiger partial charge in [-0.2, -0.15) is 0 Å². The Kier molecular flexibility index (Phi) is 5.16. The molecule has 1 amide bonds. The van der Waals surface area contributed by atoms with Gasteiger partial charge in [0.2, 0.25) is 5.91 Å². The predicted molar refractivity (Wildman–Crippen MR) is 86.3 cm³/mol. The van der Waals surface area contributed by atoms with Crippen molar-refractivity contribution in [2.75, 3.05) is 0 Å². The third-order valence-electron chi connectivity index (χ3n) is 4.25. The molecule has 3 rings (SSSR count). The Morgan fingerprint density at radius 3 is 2.44 bits per heavy atom. The van der Waals surface area contributed by atoms with E-state index in [-0.39, 0.29) is 35.8 Å². The molecule has 0 unspecified atom stereocenters. The summed E-state index contributed by atoms with van der Waals surface area (Å²) < 4.78 is 32.0. The zero-order valence-electron chi connectivity index (χ0n) is 13.5. The maximum absolute atomic E-state index is 13.2. The van der Waals surface area contributed by atoms with Crippen LogP contribution >= 0.6 is 0 Å². The Hall–Kier alpha value is -2.64. The van der Waals surface area contributed by atoms with E-state index in [4.69, 9.17) is 4.74 Å². The van der Waals surface area contributed by atoms with Crippen LogP contribution in [0.25, 0.3) is 0 Å². The second-order valence-corrected chi connectivity index (χ2v) is 6.21. The normalized spacial score (nSPS) is 20.2. The molecule has 134 valence electrons. The van der Waals surface area contributed by atoms with Gasteiger partial charge in [0, 0.05) is 36.0 Å². The summed E-state index contributed by atoms with van der Waals surface area (Å²) in [6.45, 7) is 0. The van der Waals surface area contributed by atoms with Crippen molar-refractivity contribution in [3.05, 3.63) is 51.9 Å². The first kappa shape index (κ1) is 17.2. The maximum Gasteiger partial charge on any atom is 0.267 e. The summed E-state index contributed by atoms with van der Waals surface area (Å²) in [5, 5.41) is 7.85. The molecule has 6 nitrogen and oxygen atoms in total. The van der Waals surface area contributed by atoms with Crippen LogP contribution in [-0.2, 0) is 11.2 Å². The van der Waals surface area contributed by atoms with Crippen LogP contribution in [0.5, 0.6) is 5.75 Å². The number of amides is 1. The molecule has 1 aromatic heterocycles. The summed E-state index contributed by atoms with van der Waals surface area (Å²) in [7, 11) is 0. The Labute approximate surface area is 142 Å². The first-order valence-corrected chi connectivity index (χ1v) is 8.16. The topological polar surface area (TPSA) is 87.0 Å². The number of aromatic amines is 2. The second-order valence-electron chi connectivity index (χ2n) is 6.21. The lowest BCUT2D eigenvalue weighted by Gasteiger charge is -2.29. The summed E-state index contributed by atoms with van der Waals surface area (Å²) in [6, 6.07) is 3.13. The summed E-state index contributed by atoms with van der Waals surface area (Å²) in [4.78, 5) is 23.4. The molecule has 1 aliphatic rings. The molecule has 0 aliphatic heterocycles. The Bertz CT molecular complexity index is 774. The Morgan fingerprint density at radius 2 is 1.84 bits per heavy atom. The van der Waals surface area contributed by atoms with Crippen molar-refractivity contribution in [1.29, 1.82) is 0 Å². The van der Waals surface area contributed by atoms with Gasteiger partial charge in [0.1, 0.15) is 17.4 Å². The van der Waals surface area contributed by atoms with Crippen molar-refractivity contribution < 1.29 is 18.3 Å². The smallest absolute Gasteiger partial charge is 0.267 e. The number of benzene rings is 1. The molecule has 0 saturated heterocycles. The van der Waals surface area contributed by atoms with Crippen molar-refractivity contribution >= 4 is 5.91 Å². The van der Waals surface area contributed by atoms with Crippen LogP contribution in [0.1, 0.15) is 31.2 Å². The SMILES string of the molecule is O=C(Cc1c[nH][nH]c1=O)NC1CCC(Oc2cc(F)cc(F)c2)CC1. The number of carbonyl (C=O) groups is 1. The van der Waals surface area contributed by atoms with Crippen molar-refractivity contribution in [3.63, 3.8) is 0 Å². The zero-order valence-corrected chi connectivity index (χ0v) is 13.5. The molecule has 1 aliphatic carbocycles. The van der Waals surface area contributed by atoms with Gasteiger partial charge in [0.25, 0.3) is 5.56 Å². The highest BCUT2D eigenvalue weighted by Crippen LogP contribution is 2.25. The average molecular weight is 351 g/mol. The largest absolute Gasteiger partial charge is 0.490 e. The van der Waals surface area contributed by atoms with Crippen molar-refractivity contribution in [2.45, 2.75) is 44.2 Å². The predicted octanol–water partition coefficient (Wildman–Crippen LogP) is 2.03. The first-order valence-electron chi connectivity index (χ1n) is 8.16. The molecule has 1 fully saturated rings. The number of hydrogen-bond donors (Lipinski definition) is 3. The van der Waals surface area contributed by atoms with Crippen molar-refractivity contribution in [1.82, 2.24) is 15.5 Å². The number of ether oxygens (including phenoxy) is 1. The number of aromatic nitrogens is 2. The van der Waals surface area contributed by atoms with E-state index in [2.05, 4.69) is 15.5 Å². The highest BCUT2D eigenvalue weighted by molar-refractivity contribution is 5.78. The van der Waals surface area contributed by atoms with Crippen LogP contribution in [0.4, 0.5) is 8.78 Å². The van der Waals surface area contributed by atoms with Gasteiger partial charge in [0.15, 0.2) is 0 Å². The average Bonchev–Trinajstić information content (AvgIpc) is 2.93. The molecule has 1 heterocycles. The molecule has 0 atom stereocenters. The van der Waals surface area contributed by atoms with Gasteiger partial charge in [-0.1, -0.05) is 0 Å². The molecule has 3 N–H and O–H groups in total. The molecule has 0 bridgehead atoms. The molecule has 8 heteroatoms. The molecule has 2 aromatic rings. The molecular formula is C17H19F2N3O3. The van der Waals surface area contributed by atoms with Gasteiger partial charge in [-0.25, -0.2) is 8.78 Å². The molecule has 25 heavy (non-hydrogen) atoms. The highest BCUT2D eigenvalue weighted by Gasteiger charge is 2.24.